The summed E-state index contributed by atoms with van der Waals surface area (Å²) in [6, 6.07) is 4.10. The number of hydrogen-bond donors (Lipinski definition) is 1. The molecule has 8 heteroatoms. The standard InChI is InChI=1S/C18H27FN2O4S/c1-24-17-3-2-15(19)12-18(17)26(22,23)20-13-14-4-8-21(9-5-14)16-6-10-25-11-7-16/h2-3,12,14,16,20H,4-11,13H2,1H3. The van der Waals surface area contributed by atoms with Crippen molar-refractivity contribution >= 4 is 10.0 Å². The predicted molar refractivity (Wildman–Crippen MR) is 96.3 cm³/mol. The lowest BCUT2D eigenvalue weighted by atomic mass is 9.94. The van der Waals surface area contributed by atoms with E-state index in [1.165, 1.54) is 19.2 Å². The molecular formula is C18H27FN2O4S. The van der Waals surface area contributed by atoms with E-state index in [0.29, 0.717) is 18.5 Å². The zero-order chi connectivity index (χ0) is 18.6. The Hall–Kier alpha value is -1.22. The molecule has 0 saturated carbocycles. The van der Waals surface area contributed by atoms with Gasteiger partial charge in [-0.1, -0.05) is 0 Å². The number of benzene rings is 1. The molecule has 1 aromatic carbocycles. The van der Waals surface area contributed by atoms with E-state index in [4.69, 9.17) is 9.47 Å². The van der Waals surface area contributed by atoms with E-state index >= 15 is 0 Å². The highest BCUT2D eigenvalue weighted by Gasteiger charge is 2.28. The van der Waals surface area contributed by atoms with Crippen LogP contribution in [-0.4, -0.2) is 59.3 Å². The molecule has 26 heavy (non-hydrogen) atoms. The number of piperidine rings is 1. The molecule has 6 nitrogen and oxygen atoms in total. The molecule has 0 unspecified atom stereocenters. The van der Waals surface area contributed by atoms with Crippen molar-refractivity contribution in [3.8, 4) is 5.75 Å². The lowest BCUT2D eigenvalue weighted by Gasteiger charge is -2.39. The largest absolute Gasteiger partial charge is 0.495 e. The zero-order valence-electron chi connectivity index (χ0n) is 15.1. The van der Waals surface area contributed by atoms with Gasteiger partial charge in [0.15, 0.2) is 0 Å². The second-order valence-corrected chi connectivity index (χ2v) is 8.71. The average molecular weight is 386 g/mol. The van der Waals surface area contributed by atoms with Crippen molar-refractivity contribution in [3.63, 3.8) is 0 Å². The Bertz CT molecular complexity index is 699. The van der Waals surface area contributed by atoms with E-state index in [9.17, 15) is 12.8 Å². The molecule has 0 bridgehead atoms. The highest BCUT2D eigenvalue weighted by atomic mass is 32.2. The van der Waals surface area contributed by atoms with E-state index in [1.807, 2.05) is 0 Å². The number of hydrogen-bond acceptors (Lipinski definition) is 5. The number of methoxy groups -OCH3 is 1. The first-order valence-corrected chi connectivity index (χ1v) is 10.6. The predicted octanol–water partition coefficient (Wildman–Crippen LogP) is 2.00. The molecule has 0 aliphatic carbocycles. The van der Waals surface area contributed by atoms with E-state index in [-0.39, 0.29) is 10.6 Å². The monoisotopic (exact) mass is 386 g/mol. The maximum Gasteiger partial charge on any atom is 0.244 e. The van der Waals surface area contributed by atoms with Crippen LogP contribution in [0, 0.1) is 11.7 Å². The second kappa shape index (κ2) is 8.65. The van der Waals surface area contributed by atoms with Crippen LogP contribution in [0.3, 0.4) is 0 Å². The molecule has 146 valence electrons. The van der Waals surface area contributed by atoms with Crippen molar-refractivity contribution in [2.45, 2.75) is 36.6 Å². The van der Waals surface area contributed by atoms with E-state index < -0.39 is 15.8 Å². The highest BCUT2D eigenvalue weighted by molar-refractivity contribution is 7.89. The van der Waals surface area contributed by atoms with Crippen molar-refractivity contribution < 1.29 is 22.3 Å². The SMILES string of the molecule is COc1ccc(F)cc1S(=O)(=O)NCC1CCN(C2CCOCC2)CC1. The minimum absolute atomic E-state index is 0.147. The maximum absolute atomic E-state index is 13.5. The molecule has 0 aromatic heterocycles. The fourth-order valence-electron chi connectivity index (χ4n) is 3.74. The van der Waals surface area contributed by atoms with Gasteiger partial charge < -0.3 is 14.4 Å². The number of nitrogens with zero attached hydrogens (tertiary/aromatic N) is 1. The number of halogens is 1. The lowest BCUT2D eigenvalue weighted by molar-refractivity contribution is 0.0214. The minimum Gasteiger partial charge on any atom is -0.495 e. The Morgan fingerprint density at radius 1 is 1.23 bits per heavy atom. The Balaban J connectivity index is 1.53. The van der Waals surface area contributed by atoms with Crippen molar-refractivity contribution in [2.24, 2.45) is 5.92 Å². The molecule has 0 spiro atoms. The molecule has 0 amide bonds. The summed E-state index contributed by atoms with van der Waals surface area (Å²) in [5.41, 5.74) is 0. The molecule has 0 radical (unpaired) electrons. The van der Waals surface area contributed by atoms with E-state index in [2.05, 4.69) is 9.62 Å². The maximum atomic E-state index is 13.5. The fourth-order valence-corrected chi connectivity index (χ4v) is 5.03. The topological polar surface area (TPSA) is 67.9 Å². The molecule has 2 heterocycles. The smallest absolute Gasteiger partial charge is 0.244 e. The van der Waals surface area contributed by atoms with Crippen molar-refractivity contribution in [1.29, 1.82) is 0 Å². The molecule has 2 aliphatic heterocycles. The fraction of sp³-hybridized carbons (Fsp3) is 0.667. The van der Waals surface area contributed by atoms with Crippen LogP contribution < -0.4 is 9.46 Å². The molecule has 2 aliphatic rings. The van der Waals surface area contributed by atoms with Gasteiger partial charge >= 0.3 is 0 Å². The van der Waals surface area contributed by atoms with Gasteiger partial charge in [-0.15, -0.1) is 0 Å². The van der Waals surface area contributed by atoms with Crippen molar-refractivity contribution in [1.82, 2.24) is 9.62 Å². The summed E-state index contributed by atoms with van der Waals surface area (Å²) in [5.74, 6) is -0.162. The molecule has 0 atom stereocenters. The normalized spacial score (nSPS) is 21.0. The first-order valence-electron chi connectivity index (χ1n) is 9.14. The minimum atomic E-state index is -3.80. The van der Waals surface area contributed by atoms with Crippen LogP contribution in [0.1, 0.15) is 25.7 Å². The number of likely N-dealkylation sites (tertiary alicyclic amines) is 1. The van der Waals surface area contributed by atoms with Crippen LogP contribution in [0.25, 0.3) is 0 Å². The van der Waals surface area contributed by atoms with Crippen molar-refractivity contribution in [3.05, 3.63) is 24.0 Å². The van der Waals surface area contributed by atoms with Gasteiger partial charge in [0.05, 0.1) is 7.11 Å². The van der Waals surface area contributed by atoms with Gasteiger partial charge in [-0.3, -0.25) is 0 Å². The molecule has 2 saturated heterocycles. The van der Waals surface area contributed by atoms with Gasteiger partial charge in [0.2, 0.25) is 10.0 Å². The summed E-state index contributed by atoms with van der Waals surface area (Å²) in [4.78, 5) is 2.35. The van der Waals surface area contributed by atoms with Gasteiger partial charge in [0.1, 0.15) is 16.5 Å². The first-order chi connectivity index (χ1) is 12.5. The summed E-state index contributed by atoms with van der Waals surface area (Å²) in [5, 5.41) is 0. The quantitative estimate of drug-likeness (QED) is 0.810. The molecule has 2 fully saturated rings. The van der Waals surface area contributed by atoms with Gasteiger partial charge in [0, 0.05) is 25.8 Å². The number of ether oxygens (including phenoxy) is 2. The van der Waals surface area contributed by atoms with Gasteiger partial charge in [0.25, 0.3) is 0 Å². The summed E-state index contributed by atoms with van der Waals surface area (Å²) in [6.07, 6.45) is 4.08. The molecular weight excluding hydrogens is 359 g/mol. The number of rotatable bonds is 6. The first kappa shape index (κ1) is 19.5. The Kier molecular flexibility index (Phi) is 6.50. The van der Waals surface area contributed by atoms with Crippen molar-refractivity contribution in [2.75, 3.05) is 40.0 Å². The second-order valence-electron chi connectivity index (χ2n) is 6.97. The highest BCUT2D eigenvalue weighted by Crippen LogP contribution is 2.26. The molecule has 1 N–H and O–H groups in total. The van der Waals surface area contributed by atoms with Gasteiger partial charge in [-0.25, -0.2) is 17.5 Å². The third kappa shape index (κ3) is 4.73. The van der Waals surface area contributed by atoms with Crippen LogP contribution in [-0.2, 0) is 14.8 Å². The zero-order valence-corrected chi connectivity index (χ0v) is 15.9. The average Bonchev–Trinajstić information content (AvgIpc) is 2.67. The summed E-state index contributed by atoms with van der Waals surface area (Å²) < 4.78 is 51.6. The summed E-state index contributed by atoms with van der Waals surface area (Å²) in [6.45, 7) is 4.00. The summed E-state index contributed by atoms with van der Waals surface area (Å²) >= 11 is 0. The van der Waals surface area contributed by atoms with Crippen LogP contribution in [0.15, 0.2) is 23.1 Å². The van der Waals surface area contributed by atoms with Gasteiger partial charge in [-0.2, -0.15) is 0 Å². The van der Waals surface area contributed by atoms with Crippen LogP contribution in [0.5, 0.6) is 5.75 Å². The third-order valence-electron chi connectivity index (χ3n) is 5.33. The van der Waals surface area contributed by atoms with E-state index in [1.54, 1.807) is 0 Å². The number of sulfonamides is 1. The Labute approximate surface area is 154 Å². The summed E-state index contributed by atoms with van der Waals surface area (Å²) in [7, 11) is -2.43. The van der Waals surface area contributed by atoms with Crippen LogP contribution in [0.4, 0.5) is 4.39 Å². The third-order valence-corrected chi connectivity index (χ3v) is 6.78. The number of nitrogens with one attached hydrogen (secondary N) is 1. The van der Waals surface area contributed by atoms with Gasteiger partial charge in [-0.05, 0) is 62.9 Å². The Morgan fingerprint density at radius 3 is 2.58 bits per heavy atom. The van der Waals surface area contributed by atoms with Crippen LogP contribution >= 0.6 is 0 Å². The molecule has 1 aromatic rings. The van der Waals surface area contributed by atoms with E-state index in [0.717, 1.165) is 58.1 Å². The lowest BCUT2D eigenvalue weighted by Crippen LogP contribution is -2.45. The molecule has 3 rings (SSSR count). The van der Waals surface area contributed by atoms with Crippen LogP contribution in [0.2, 0.25) is 0 Å². The Morgan fingerprint density at radius 2 is 1.92 bits per heavy atom.